The Morgan fingerprint density at radius 2 is 0.750 bits per heavy atom. The first-order valence-electron chi connectivity index (χ1n) is 10.5. The molecule has 0 aromatic heterocycles. The van der Waals surface area contributed by atoms with E-state index in [4.69, 9.17) is 46.4 Å². The lowest BCUT2D eigenvalue weighted by atomic mass is 9.85. The molecular weight excluding hydrogens is 546 g/mol. The van der Waals surface area contributed by atoms with Gasteiger partial charge in [-0.3, -0.25) is 19.2 Å². The molecule has 36 heavy (non-hydrogen) atoms. The number of hydrogen-bond donors (Lipinski definition) is 0. The van der Waals surface area contributed by atoms with Crippen LogP contribution in [0.5, 0.6) is 0 Å². The summed E-state index contributed by atoms with van der Waals surface area (Å²) in [7, 11) is 0. The fourth-order valence-corrected chi connectivity index (χ4v) is 5.62. The molecule has 0 atom stereocenters. The van der Waals surface area contributed by atoms with E-state index in [-0.39, 0.29) is 54.4 Å². The minimum absolute atomic E-state index is 0.124. The molecule has 4 aromatic rings. The number of rotatable bonds is 2. The predicted molar refractivity (Wildman–Crippen MR) is 139 cm³/mol. The third-order valence-corrected chi connectivity index (χ3v) is 7.27. The van der Waals surface area contributed by atoms with Gasteiger partial charge in [-0.05, 0) is 60.7 Å². The van der Waals surface area contributed by atoms with E-state index in [1.54, 1.807) is 0 Å². The molecule has 0 N–H and O–H groups in total. The van der Waals surface area contributed by atoms with Crippen molar-refractivity contribution in [1.29, 1.82) is 0 Å². The Morgan fingerprint density at radius 3 is 1.03 bits per heavy atom. The Labute approximate surface area is 223 Å². The highest BCUT2D eigenvalue weighted by Gasteiger charge is 2.41. The predicted octanol–water partition coefficient (Wildman–Crippen LogP) is 7.05. The van der Waals surface area contributed by atoms with E-state index in [1.165, 1.54) is 60.7 Å². The minimum atomic E-state index is -0.636. The van der Waals surface area contributed by atoms with Crippen LogP contribution in [-0.2, 0) is 0 Å². The number of carbonyl (C=O) groups is 4. The molecule has 2 aliphatic rings. The third-order valence-electron chi connectivity index (χ3n) is 6.20. The molecule has 2 heterocycles. The average molecular weight is 556 g/mol. The molecule has 4 amide bonds. The molecule has 0 fully saturated rings. The van der Waals surface area contributed by atoms with E-state index in [0.29, 0.717) is 10.0 Å². The van der Waals surface area contributed by atoms with Crippen LogP contribution in [0.4, 0.5) is 11.4 Å². The maximum Gasteiger partial charge on any atom is 0.266 e. The lowest BCUT2D eigenvalue weighted by Crippen LogP contribution is -2.43. The molecule has 0 spiro atoms. The first-order valence-corrected chi connectivity index (χ1v) is 12.0. The Morgan fingerprint density at radius 1 is 0.444 bits per heavy atom. The monoisotopic (exact) mass is 554 g/mol. The Hall–Kier alpha value is -3.42. The largest absolute Gasteiger partial charge is 0.268 e. The fraction of sp³-hybridized carbons (Fsp3) is 0. The first-order chi connectivity index (χ1) is 17.2. The van der Waals surface area contributed by atoms with Gasteiger partial charge >= 0.3 is 0 Å². The lowest BCUT2D eigenvalue weighted by Gasteiger charge is -2.32. The van der Waals surface area contributed by atoms with Crippen molar-refractivity contribution in [3.05, 3.63) is 103 Å². The molecule has 176 valence electrons. The summed E-state index contributed by atoms with van der Waals surface area (Å²) in [6.07, 6.45) is 0. The van der Waals surface area contributed by atoms with Crippen LogP contribution >= 0.6 is 46.4 Å². The van der Waals surface area contributed by atoms with Crippen LogP contribution in [0.25, 0.3) is 10.8 Å². The summed E-state index contributed by atoms with van der Waals surface area (Å²) in [6.45, 7) is 0. The van der Waals surface area contributed by atoms with Crippen LogP contribution in [0, 0.1) is 0 Å². The van der Waals surface area contributed by atoms with Crippen molar-refractivity contribution in [2.45, 2.75) is 0 Å². The van der Waals surface area contributed by atoms with Gasteiger partial charge in [-0.2, -0.15) is 0 Å². The number of imide groups is 2. The zero-order valence-corrected chi connectivity index (χ0v) is 20.8. The molecule has 0 unspecified atom stereocenters. The van der Waals surface area contributed by atoms with Gasteiger partial charge in [-0.15, -0.1) is 0 Å². The summed E-state index contributed by atoms with van der Waals surface area (Å²) < 4.78 is 0. The summed E-state index contributed by atoms with van der Waals surface area (Å²) in [4.78, 5) is 56.0. The van der Waals surface area contributed by atoms with E-state index in [0.717, 1.165) is 9.80 Å². The highest BCUT2D eigenvalue weighted by molar-refractivity contribution is 6.45. The molecule has 6 rings (SSSR count). The standard InChI is InChI=1S/C26H10Cl4N2O4/c27-11-1-7-19(17(29)9-11)31-23(33)13-3-5-15-22-16(6-4-14(21(13)22)24(31)34)26(36)32(25(15)35)20-8-2-12(28)10-18(20)30/h1-10H. The topological polar surface area (TPSA) is 74.8 Å². The summed E-state index contributed by atoms with van der Waals surface area (Å²) in [5.41, 5.74) is 0.991. The second kappa shape index (κ2) is 8.05. The minimum Gasteiger partial charge on any atom is -0.268 e. The van der Waals surface area contributed by atoms with Gasteiger partial charge in [0.2, 0.25) is 0 Å². The quantitative estimate of drug-likeness (QED) is 0.248. The number of amides is 4. The molecule has 10 heteroatoms. The second-order valence-corrected chi connectivity index (χ2v) is 9.84. The van der Waals surface area contributed by atoms with Crippen molar-refractivity contribution in [1.82, 2.24) is 0 Å². The number of hydrogen-bond acceptors (Lipinski definition) is 4. The zero-order chi connectivity index (χ0) is 25.5. The van der Waals surface area contributed by atoms with E-state index in [1.807, 2.05) is 0 Å². The van der Waals surface area contributed by atoms with Crippen LogP contribution in [-0.4, -0.2) is 23.6 Å². The van der Waals surface area contributed by atoms with E-state index < -0.39 is 23.6 Å². The van der Waals surface area contributed by atoms with Crippen LogP contribution in [0.1, 0.15) is 41.4 Å². The number of anilines is 2. The van der Waals surface area contributed by atoms with Crippen molar-refractivity contribution in [2.75, 3.05) is 9.80 Å². The van der Waals surface area contributed by atoms with E-state index >= 15 is 0 Å². The molecule has 6 nitrogen and oxygen atoms in total. The average Bonchev–Trinajstić information content (AvgIpc) is 2.83. The number of carbonyl (C=O) groups excluding carboxylic acids is 4. The maximum atomic E-state index is 13.5. The van der Waals surface area contributed by atoms with Crippen molar-refractivity contribution in [3.63, 3.8) is 0 Å². The molecule has 0 saturated carbocycles. The molecule has 0 saturated heterocycles. The summed E-state index contributed by atoms with van der Waals surface area (Å²) >= 11 is 24.5. The van der Waals surface area contributed by atoms with Gasteiger partial charge < -0.3 is 0 Å². The molecule has 0 aliphatic carbocycles. The summed E-state index contributed by atoms with van der Waals surface area (Å²) in [6, 6.07) is 14.7. The van der Waals surface area contributed by atoms with Crippen molar-refractivity contribution < 1.29 is 19.2 Å². The van der Waals surface area contributed by atoms with Crippen molar-refractivity contribution >= 4 is 92.2 Å². The highest BCUT2D eigenvalue weighted by atomic mass is 35.5. The molecular formula is C26H10Cl4N2O4. The highest BCUT2D eigenvalue weighted by Crippen LogP contribution is 2.42. The van der Waals surface area contributed by atoms with E-state index in [9.17, 15) is 19.2 Å². The number of nitrogens with zero attached hydrogens (tertiary/aromatic N) is 2. The van der Waals surface area contributed by atoms with Gasteiger partial charge in [0.15, 0.2) is 0 Å². The summed E-state index contributed by atoms with van der Waals surface area (Å²) in [5, 5.41) is 1.43. The fourth-order valence-electron chi connectivity index (χ4n) is 4.64. The molecule has 2 aliphatic heterocycles. The van der Waals surface area contributed by atoms with Gasteiger partial charge in [0.25, 0.3) is 23.6 Å². The Bertz CT molecular complexity index is 1540. The van der Waals surface area contributed by atoms with E-state index in [2.05, 4.69) is 0 Å². The van der Waals surface area contributed by atoms with Crippen molar-refractivity contribution in [3.8, 4) is 0 Å². The maximum absolute atomic E-state index is 13.5. The Balaban J connectivity index is 1.56. The van der Waals surface area contributed by atoms with Crippen LogP contribution < -0.4 is 9.80 Å². The van der Waals surface area contributed by atoms with Gasteiger partial charge in [0, 0.05) is 43.1 Å². The molecule has 0 radical (unpaired) electrons. The van der Waals surface area contributed by atoms with Crippen LogP contribution in [0.3, 0.4) is 0 Å². The van der Waals surface area contributed by atoms with Gasteiger partial charge in [0.1, 0.15) is 0 Å². The number of benzene rings is 4. The first kappa shape index (κ1) is 23.0. The molecule has 4 aromatic carbocycles. The normalized spacial score (nSPS) is 14.8. The van der Waals surface area contributed by atoms with Crippen LogP contribution in [0.2, 0.25) is 20.1 Å². The third kappa shape index (κ3) is 3.12. The van der Waals surface area contributed by atoms with Gasteiger partial charge in [0.05, 0.1) is 21.4 Å². The second-order valence-electron chi connectivity index (χ2n) is 8.15. The van der Waals surface area contributed by atoms with Gasteiger partial charge in [-0.1, -0.05) is 46.4 Å². The van der Waals surface area contributed by atoms with Crippen molar-refractivity contribution in [2.24, 2.45) is 0 Å². The lowest BCUT2D eigenvalue weighted by molar-refractivity contribution is 0.0873. The molecule has 0 bridgehead atoms. The smallest absolute Gasteiger partial charge is 0.266 e. The van der Waals surface area contributed by atoms with Crippen LogP contribution in [0.15, 0.2) is 60.7 Å². The van der Waals surface area contributed by atoms with Gasteiger partial charge in [-0.25, -0.2) is 9.80 Å². The zero-order valence-electron chi connectivity index (χ0n) is 17.8. The SMILES string of the molecule is O=C1c2ccc3c4c(ccc(c24)C(=O)N1c1ccc(Cl)cc1Cl)C(=O)N(c1ccc(Cl)cc1Cl)C3=O. The summed E-state index contributed by atoms with van der Waals surface area (Å²) in [5.74, 6) is -2.54. The number of halogens is 4. The Kier molecular flexibility index (Phi) is 5.14.